The van der Waals surface area contributed by atoms with Crippen LogP contribution in [0.3, 0.4) is 0 Å². The highest BCUT2D eigenvalue weighted by molar-refractivity contribution is 5.97. The number of carbonyl (C=O) groups is 1. The van der Waals surface area contributed by atoms with Crippen molar-refractivity contribution in [2.75, 3.05) is 31.1 Å². The van der Waals surface area contributed by atoms with Crippen molar-refractivity contribution in [3.05, 3.63) is 42.5 Å². The van der Waals surface area contributed by atoms with Crippen LogP contribution in [0, 0.1) is 0 Å². The normalized spacial score (nSPS) is 14.8. The van der Waals surface area contributed by atoms with Crippen molar-refractivity contribution in [1.29, 1.82) is 0 Å². The predicted octanol–water partition coefficient (Wildman–Crippen LogP) is 1.51. The number of hydrogen-bond acceptors (Lipinski definition) is 6. The summed E-state index contributed by atoms with van der Waals surface area (Å²) in [6, 6.07) is 6.64. The van der Waals surface area contributed by atoms with Gasteiger partial charge in [0.25, 0.3) is 5.91 Å². The van der Waals surface area contributed by atoms with Crippen molar-refractivity contribution in [3.8, 4) is 5.75 Å². The van der Waals surface area contributed by atoms with Crippen LogP contribution in [-0.2, 0) is 6.54 Å². The third-order valence-electron chi connectivity index (χ3n) is 4.72. The van der Waals surface area contributed by atoms with E-state index in [1.165, 1.54) is 6.07 Å². The molecule has 1 aliphatic rings. The Kier molecular flexibility index (Phi) is 4.16. The quantitative estimate of drug-likeness (QED) is 0.769. The third kappa shape index (κ3) is 2.73. The van der Waals surface area contributed by atoms with E-state index >= 15 is 0 Å². The molecular formula is C18H20N6O2. The fourth-order valence-electron chi connectivity index (χ4n) is 3.28. The van der Waals surface area contributed by atoms with Crippen molar-refractivity contribution in [3.63, 3.8) is 0 Å². The molecule has 0 aliphatic carbocycles. The lowest BCUT2D eigenvalue weighted by Gasteiger charge is -2.35. The second-order valence-corrected chi connectivity index (χ2v) is 6.20. The predicted molar refractivity (Wildman–Crippen MR) is 97.2 cm³/mol. The fraction of sp³-hybridized carbons (Fsp3) is 0.333. The first-order chi connectivity index (χ1) is 12.7. The molecule has 8 heteroatoms. The van der Waals surface area contributed by atoms with Gasteiger partial charge in [0, 0.05) is 32.7 Å². The number of aryl methyl sites for hydroxylation is 1. The Hall–Kier alpha value is -3.16. The van der Waals surface area contributed by atoms with Crippen LogP contribution < -0.4 is 4.90 Å². The molecule has 1 N–H and O–H groups in total. The number of rotatable bonds is 3. The molecule has 0 bridgehead atoms. The number of amides is 1. The summed E-state index contributed by atoms with van der Waals surface area (Å²) in [5.41, 5.74) is 1.95. The van der Waals surface area contributed by atoms with Gasteiger partial charge in [-0.1, -0.05) is 12.1 Å². The maximum atomic E-state index is 12.6. The van der Waals surface area contributed by atoms with Crippen molar-refractivity contribution >= 4 is 22.9 Å². The number of nitrogens with zero attached hydrogens (tertiary/aromatic N) is 6. The minimum atomic E-state index is -0.147. The van der Waals surface area contributed by atoms with Crippen LogP contribution in [-0.4, -0.2) is 61.6 Å². The van der Waals surface area contributed by atoms with Gasteiger partial charge in [-0.3, -0.25) is 4.79 Å². The number of phenols is 1. The first-order valence-electron chi connectivity index (χ1n) is 8.67. The first-order valence-corrected chi connectivity index (χ1v) is 8.67. The van der Waals surface area contributed by atoms with E-state index in [0.29, 0.717) is 31.7 Å². The van der Waals surface area contributed by atoms with Crippen LogP contribution >= 0.6 is 0 Å². The Balaban J connectivity index is 1.52. The minimum absolute atomic E-state index is 0.0162. The van der Waals surface area contributed by atoms with Gasteiger partial charge in [0.05, 0.1) is 11.9 Å². The number of hydrogen-bond donors (Lipinski definition) is 1. The van der Waals surface area contributed by atoms with Gasteiger partial charge in [0.2, 0.25) is 0 Å². The fourth-order valence-corrected chi connectivity index (χ4v) is 3.28. The Bertz CT molecular complexity index is 946. The maximum Gasteiger partial charge on any atom is 0.257 e. The average molecular weight is 352 g/mol. The van der Waals surface area contributed by atoms with Crippen LogP contribution in [0.1, 0.15) is 17.3 Å². The van der Waals surface area contributed by atoms with E-state index in [-0.39, 0.29) is 11.7 Å². The Labute approximate surface area is 150 Å². The summed E-state index contributed by atoms with van der Waals surface area (Å²) in [6.45, 7) is 5.29. The molecule has 0 saturated carbocycles. The molecule has 26 heavy (non-hydrogen) atoms. The molecule has 0 spiro atoms. The highest BCUT2D eigenvalue weighted by Crippen LogP contribution is 2.24. The van der Waals surface area contributed by atoms with Gasteiger partial charge in [-0.15, -0.1) is 0 Å². The van der Waals surface area contributed by atoms with E-state index in [2.05, 4.69) is 19.9 Å². The van der Waals surface area contributed by atoms with Crippen LogP contribution in [0.2, 0.25) is 0 Å². The standard InChI is InChI=1S/C18H20N6O2/c1-2-22-12-21-15-16(22)19-11-20-17(15)23-7-9-24(10-8-23)18(26)13-5-3-4-6-14(13)25/h3-6,11-12,25H,2,7-10H2,1H3. The number of anilines is 1. The molecule has 2 aromatic heterocycles. The summed E-state index contributed by atoms with van der Waals surface area (Å²) < 4.78 is 1.98. The molecule has 1 amide bonds. The average Bonchev–Trinajstić information content (AvgIpc) is 3.11. The van der Waals surface area contributed by atoms with E-state index in [9.17, 15) is 9.90 Å². The molecule has 8 nitrogen and oxygen atoms in total. The Morgan fingerprint density at radius 2 is 1.88 bits per heavy atom. The number of carbonyl (C=O) groups excluding carboxylic acids is 1. The smallest absolute Gasteiger partial charge is 0.257 e. The Morgan fingerprint density at radius 1 is 1.12 bits per heavy atom. The molecule has 1 saturated heterocycles. The van der Waals surface area contributed by atoms with E-state index in [0.717, 1.165) is 23.5 Å². The van der Waals surface area contributed by atoms with Crippen molar-refractivity contribution in [2.45, 2.75) is 13.5 Å². The second-order valence-electron chi connectivity index (χ2n) is 6.20. The van der Waals surface area contributed by atoms with E-state index in [4.69, 9.17) is 0 Å². The lowest BCUT2D eigenvalue weighted by Crippen LogP contribution is -2.49. The van der Waals surface area contributed by atoms with Crippen LogP contribution in [0.4, 0.5) is 5.82 Å². The van der Waals surface area contributed by atoms with Crippen LogP contribution in [0.5, 0.6) is 5.75 Å². The second kappa shape index (κ2) is 6.62. The van der Waals surface area contributed by atoms with Gasteiger partial charge < -0.3 is 19.5 Å². The Morgan fingerprint density at radius 3 is 2.62 bits per heavy atom. The number of fused-ring (bicyclic) bond motifs is 1. The van der Waals surface area contributed by atoms with Gasteiger partial charge in [0.1, 0.15) is 12.1 Å². The number of para-hydroxylation sites is 1. The first kappa shape index (κ1) is 16.3. The van der Waals surface area contributed by atoms with E-state index < -0.39 is 0 Å². The molecule has 0 radical (unpaired) electrons. The summed E-state index contributed by atoms with van der Waals surface area (Å²) in [5.74, 6) is 0.672. The number of phenolic OH excluding ortho intramolecular Hbond substituents is 1. The summed E-state index contributed by atoms with van der Waals surface area (Å²) in [5, 5.41) is 9.90. The lowest BCUT2D eigenvalue weighted by molar-refractivity contribution is 0.0743. The molecule has 4 rings (SSSR count). The summed E-state index contributed by atoms with van der Waals surface area (Å²) in [7, 11) is 0. The number of benzene rings is 1. The van der Waals surface area contributed by atoms with Gasteiger partial charge >= 0.3 is 0 Å². The topological polar surface area (TPSA) is 87.4 Å². The van der Waals surface area contributed by atoms with Gasteiger partial charge in [-0.05, 0) is 19.1 Å². The number of aromatic nitrogens is 4. The SMILES string of the molecule is CCn1cnc2c(N3CCN(C(=O)c4ccccc4O)CC3)ncnc21. The highest BCUT2D eigenvalue weighted by atomic mass is 16.3. The molecule has 134 valence electrons. The van der Waals surface area contributed by atoms with E-state index in [1.54, 1.807) is 35.8 Å². The lowest BCUT2D eigenvalue weighted by atomic mass is 10.1. The zero-order valence-corrected chi connectivity index (χ0v) is 14.5. The largest absolute Gasteiger partial charge is 0.507 e. The van der Waals surface area contributed by atoms with Crippen LogP contribution in [0.25, 0.3) is 11.2 Å². The van der Waals surface area contributed by atoms with Gasteiger partial charge in [-0.25, -0.2) is 15.0 Å². The summed E-state index contributed by atoms with van der Waals surface area (Å²) in [6.07, 6.45) is 3.34. The van der Waals surface area contributed by atoms with Crippen molar-refractivity contribution in [2.24, 2.45) is 0 Å². The van der Waals surface area contributed by atoms with E-state index in [1.807, 2.05) is 11.5 Å². The monoisotopic (exact) mass is 352 g/mol. The summed E-state index contributed by atoms with van der Waals surface area (Å²) >= 11 is 0. The highest BCUT2D eigenvalue weighted by Gasteiger charge is 2.26. The zero-order chi connectivity index (χ0) is 18.1. The molecule has 1 aromatic carbocycles. The molecule has 1 aliphatic heterocycles. The maximum absolute atomic E-state index is 12.6. The van der Waals surface area contributed by atoms with Crippen LogP contribution in [0.15, 0.2) is 36.9 Å². The summed E-state index contributed by atoms with van der Waals surface area (Å²) in [4.78, 5) is 29.7. The van der Waals surface area contributed by atoms with Gasteiger partial charge in [0.15, 0.2) is 17.0 Å². The molecule has 0 atom stereocenters. The number of piperazine rings is 1. The van der Waals surface area contributed by atoms with Crippen molar-refractivity contribution in [1.82, 2.24) is 24.4 Å². The molecular weight excluding hydrogens is 332 g/mol. The number of aromatic hydroxyl groups is 1. The molecule has 0 unspecified atom stereocenters. The number of imidazole rings is 1. The van der Waals surface area contributed by atoms with Gasteiger partial charge in [-0.2, -0.15) is 0 Å². The zero-order valence-electron chi connectivity index (χ0n) is 14.5. The minimum Gasteiger partial charge on any atom is -0.507 e. The molecule has 3 heterocycles. The third-order valence-corrected chi connectivity index (χ3v) is 4.72. The van der Waals surface area contributed by atoms with Crippen molar-refractivity contribution < 1.29 is 9.90 Å². The molecule has 3 aromatic rings. The molecule has 1 fully saturated rings.